The average Bonchev–Trinajstić information content (AvgIpc) is 2.40. The SMILES string of the molecule is CCCNC(c1cc(F)cc(F)c1)c1ccc(F)cc1Cl. The largest absolute Gasteiger partial charge is 0.306 e. The van der Waals surface area contributed by atoms with Crippen molar-refractivity contribution < 1.29 is 13.2 Å². The van der Waals surface area contributed by atoms with Crippen molar-refractivity contribution in [2.75, 3.05) is 6.54 Å². The van der Waals surface area contributed by atoms with E-state index in [1.54, 1.807) is 0 Å². The Labute approximate surface area is 126 Å². The first-order valence-corrected chi connectivity index (χ1v) is 7.03. The van der Waals surface area contributed by atoms with Gasteiger partial charge in [-0.2, -0.15) is 0 Å². The molecule has 0 radical (unpaired) electrons. The summed E-state index contributed by atoms with van der Waals surface area (Å²) < 4.78 is 40.0. The molecule has 1 unspecified atom stereocenters. The minimum Gasteiger partial charge on any atom is -0.306 e. The third-order valence-corrected chi connectivity index (χ3v) is 3.42. The maximum Gasteiger partial charge on any atom is 0.126 e. The molecular weight excluding hydrogens is 299 g/mol. The molecule has 0 saturated heterocycles. The Bertz CT molecular complexity index is 611. The summed E-state index contributed by atoms with van der Waals surface area (Å²) in [5.74, 6) is -1.78. The van der Waals surface area contributed by atoms with Gasteiger partial charge in [-0.1, -0.05) is 24.6 Å². The van der Waals surface area contributed by atoms with Gasteiger partial charge in [-0.05, 0) is 48.4 Å². The third kappa shape index (κ3) is 3.99. The molecule has 2 rings (SSSR count). The van der Waals surface area contributed by atoms with Gasteiger partial charge in [-0.25, -0.2) is 13.2 Å². The first-order valence-electron chi connectivity index (χ1n) is 6.65. The monoisotopic (exact) mass is 313 g/mol. The van der Waals surface area contributed by atoms with E-state index in [2.05, 4.69) is 5.32 Å². The lowest BCUT2D eigenvalue weighted by atomic mass is 9.98. The van der Waals surface area contributed by atoms with Gasteiger partial charge >= 0.3 is 0 Å². The van der Waals surface area contributed by atoms with Crippen LogP contribution in [0.4, 0.5) is 13.2 Å². The summed E-state index contributed by atoms with van der Waals surface area (Å²) in [6.07, 6.45) is 0.840. The van der Waals surface area contributed by atoms with E-state index in [4.69, 9.17) is 11.6 Å². The topological polar surface area (TPSA) is 12.0 Å². The van der Waals surface area contributed by atoms with Crippen LogP contribution in [0.15, 0.2) is 36.4 Å². The van der Waals surface area contributed by atoms with Gasteiger partial charge in [-0.15, -0.1) is 0 Å². The molecule has 0 aliphatic carbocycles. The van der Waals surface area contributed by atoms with E-state index in [0.717, 1.165) is 12.5 Å². The van der Waals surface area contributed by atoms with Gasteiger partial charge in [0.1, 0.15) is 17.5 Å². The van der Waals surface area contributed by atoms with Crippen LogP contribution in [0.3, 0.4) is 0 Å². The number of hydrogen-bond donors (Lipinski definition) is 1. The van der Waals surface area contributed by atoms with Crippen molar-refractivity contribution in [3.8, 4) is 0 Å². The summed E-state index contributed by atoms with van der Waals surface area (Å²) >= 11 is 6.07. The minimum absolute atomic E-state index is 0.216. The maximum atomic E-state index is 13.4. The van der Waals surface area contributed by atoms with Crippen LogP contribution in [0.25, 0.3) is 0 Å². The van der Waals surface area contributed by atoms with Crippen LogP contribution in [-0.2, 0) is 0 Å². The smallest absolute Gasteiger partial charge is 0.126 e. The molecule has 0 aliphatic rings. The fourth-order valence-electron chi connectivity index (χ4n) is 2.17. The Kier molecular flexibility index (Phi) is 5.26. The fraction of sp³-hybridized carbons (Fsp3) is 0.250. The molecule has 0 saturated carbocycles. The maximum absolute atomic E-state index is 13.4. The lowest BCUT2D eigenvalue weighted by molar-refractivity contribution is 0.557. The predicted octanol–water partition coefficient (Wildman–Crippen LogP) is 4.85. The van der Waals surface area contributed by atoms with Gasteiger partial charge in [0.15, 0.2) is 0 Å². The number of nitrogens with one attached hydrogen (secondary N) is 1. The molecule has 0 fully saturated rings. The highest BCUT2D eigenvalue weighted by molar-refractivity contribution is 6.31. The molecule has 112 valence electrons. The van der Waals surface area contributed by atoms with Crippen LogP contribution in [0.5, 0.6) is 0 Å². The molecule has 0 aromatic heterocycles. The van der Waals surface area contributed by atoms with E-state index in [0.29, 0.717) is 17.7 Å². The quantitative estimate of drug-likeness (QED) is 0.832. The van der Waals surface area contributed by atoms with Crippen molar-refractivity contribution in [2.24, 2.45) is 0 Å². The van der Waals surface area contributed by atoms with Crippen LogP contribution >= 0.6 is 11.6 Å². The van der Waals surface area contributed by atoms with E-state index >= 15 is 0 Å². The van der Waals surface area contributed by atoms with Crippen molar-refractivity contribution in [3.05, 3.63) is 70.0 Å². The minimum atomic E-state index is -0.661. The first kappa shape index (κ1) is 15.9. The normalized spacial score (nSPS) is 12.4. The zero-order valence-corrected chi connectivity index (χ0v) is 12.2. The van der Waals surface area contributed by atoms with Crippen LogP contribution in [0.2, 0.25) is 5.02 Å². The van der Waals surface area contributed by atoms with E-state index < -0.39 is 23.5 Å². The summed E-state index contributed by atoms with van der Waals surface area (Å²) in [6.45, 7) is 2.61. The van der Waals surface area contributed by atoms with Crippen LogP contribution in [0.1, 0.15) is 30.5 Å². The molecule has 0 spiro atoms. The van der Waals surface area contributed by atoms with E-state index in [1.807, 2.05) is 6.92 Å². The van der Waals surface area contributed by atoms with Crippen molar-refractivity contribution in [2.45, 2.75) is 19.4 Å². The van der Waals surface area contributed by atoms with E-state index in [9.17, 15) is 13.2 Å². The first-order chi connectivity index (χ1) is 10.0. The van der Waals surface area contributed by atoms with Gasteiger partial charge in [0.05, 0.1) is 6.04 Å². The molecule has 0 bridgehead atoms. The Hall–Kier alpha value is -1.52. The fourth-order valence-corrected chi connectivity index (χ4v) is 2.45. The molecule has 21 heavy (non-hydrogen) atoms. The summed E-state index contributed by atoms with van der Waals surface area (Å²) in [5, 5.41) is 3.39. The third-order valence-electron chi connectivity index (χ3n) is 3.09. The molecule has 1 N–H and O–H groups in total. The molecule has 1 atom stereocenters. The highest BCUT2D eigenvalue weighted by Gasteiger charge is 2.18. The van der Waals surface area contributed by atoms with Crippen molar-refractivity contribution >= 4 is 11.6 Å². The Morgan fingerprint density at radius 3 is 2.24 bits per heavy atom. The zero-order valence-electron chi connectivity index (χ0n) is 11.5. The van der Waals surface area contributed by atoms with E-state index in [1.165, 1.54) is 30.3 Å². The Balaban J connectivity index is 2.46. The molecule has 0 aliphatic heterocycles. The van der Waals surface area contributed by atoms with Gasteiger partial charge in [0, 0.05) is 11.1 Å². The average molecular weight is 314 g/mol. The zero-order chi connectivity index (χ0) is 15.4. The second-order valence-electron chi connectivity index (χ2n) is 4.76. The second-order valence-corrected chi connectivity index (χ2v) is 5.16. The van der Waals surface area contributed by atoms with Crippen molar-refractivity contribution in [3.63, 3.8) is 0 Å². The van der Waals surface area contributed by atoms with Crippen LogP contribution < -0.4 is 5.32 Å². The Morgan fingerprint density at radius 2 is 1.67 bits per heavy atom. The van der Waals surface area contributed by atoms with E-state index in [-0.39, 0.29) is 5.02 Å². The van der Waals surface area contributed by atoms with Gasteiger partial charge in [0.2, 0.25) is 0 Å². The highest BCUT2D eigenvalue weighted by Crippen LogP contribution is 2.29. The lowest BCUT2D eigenvalue weighted by Crippen LogP contribution is -2.23. The summed E-state index contributed by atoms with van der Waals surface area (Å²) in [5.41, 5.74) is 0.992. The molecule has 1 nitrogen and oxygen atoms in total. The van der Waals surface area contributed by atoms with Crippen LogP contribution in [-0.4, -0.2) is 6.54 Å². The highest BCUT2D eigenvalue weighted by atomic mass is 35.5. The van der Waals surface area contributed by atoms with Gasteiger partial charge in [0.25, 0.3) is 0 Å². The second kappa shape index (κ2) is 6.96. The number of rotatable bonds is 5. The number of benzene rings is 2. The number of halogens is 4. The molecule has 0 amide bonds. The lowest BCUT2D eigenvalue weighted by Gasteiger charge is -2.21. The predicted molar refractivity (Wildman–Crippen MR) is 77.9 cm³/mol. The van der Waals surface area contributed by atoms with Crippen LogP contribution in [0, 0.1) is 17.5 Å². The number of hydrogen-bond acceptors (Lipinski definition) is 1. The molecule has 5 heteroatoms. The van der Waals surface area contributed by atoms with Gasteiger partial charge < -0.3 is 5.32 Å². The molecule has 0 heterocycles. The molecule has 2 aromatic rings. The van der Waals surface area contributed by atoms with Gasteiger partial charge in [-0.3, -0.25) is 0 Å². The standard InChI is InChI=1S/C16H15ClF3N/c1-2-5-21-16(10-6-12(19)8-13(20)7-10)14-4-3-11(18)9-15(14)17/h3-4,6-9,16,21H,2,5H2,1H3. The summed E-state index contributed by atoms with van der Waals surface area (Å²) in [7, 11) is 0. The van der Waals surface area contributed by atoms with Crippen molar-refractivity contribution in [1.29, 1.82) is 0 Å². The molecule has 2 aromatic carbocycles. The Morgan fingerprint density at radius 1 is 1.00 bits per heavy atom. The molecular formula is C16H15ClF3N. The summed E-state index contributed by atoms with van der Waals surface area (Å²) in [6, 6.07) is 6.79. The van der Waals surface area contributed by atoms with Crippen molar-refractivity contribution in [1.82, 2.24) is 5.32 Å². The summed E-state index contributed by atoms with van der Waals surface area (Å²) in [4.78, 5) is 0.